The normalized spacial score (nSPS) is 11.2. The molecule has 5 aromatic rings. The van der Waals surface area contributed by atoms with Crippen LogP contribution >= 0.6 is 0 Å². The highest BCUT2D eigenvalue weighted by Gasteiger charge is 2.22. The van der Waals surface area contributed by atoms with Gasteiger partial charge >= 0.3 is 5.69 Å². The summed E-state index contributed by atoms with van der Waals surface area (Å²) in [6.07, 6.45) is 0. The van der Waals surface area contributed by atoms with Gasteiger partial charge in [0.2, 0.25) is 5.95 Å². The van der Waals surface area contributed by atoms with Crippen molar-refractivity contribution in [1.29, 1.82) is 0 Å². The largest absolute Gasteiger partial charge is 0.344 e. The molecule has 0 radical (unpaired) electrons. The Morgan fingerprint density at radius 1 is 0.972 bits per heavy atom. The van der Waals surface area contributed by atoms with E-state index in [1.165, 1.54) is 9.13 Å². The summed E-state index contributed by atoms with van der Waals surface area (Å²) in [7, 11) is 3.48. The van der Waals surface area contributed by atoms with Gasteiger partial charge in [0.25, 0.3) is 5.56 Å². The third kappa shape index (κ3) is 3.72. The number of hydrogen-bond acceptors (Lipinski definition) is 6. The molecule has 0 saturated heterocycles. The predicted molar refractivity (Wildman–Crippen MR) is 143 cm³/mol. The Bertz CT molecular complexity index is 1800. The number of nitrogens with two attached hydrogens (primary N) is 1. The fourth-order valence-corrected chi connectivity index (χ4v) is 4.64. The van der Waals surface area contributed by atoms with Gasteiger partial charge in [0.1, 0.15) is 0 Å². The van der Waals surface area contributed by atoms with Crippen LogP contribution in [0, 0.1) is 11.8 Å². The number of likely N-dealkylation sites (N-methyl/N-ethyl adjacent to an activating group) is 1. The highest BCUT2D eigenvalue weighted by Crippen LogP contribution is 2.26. The zero-order valence-electron chi connectivity index (χ0n) is 20.5. The van der Waals surface area contributed by atoms with E-state index in [4.69, 9.17) is 10.7 Å². The SMILES string of the molecule is CC#CCn1c(N(C)CCN)nc2c1c(=O)n(Cc1nc3ccccc3c3ccccc13)c(=O)n2C. The van der Waals surface area contributed by atoms with Gasteiger partial charge in [0, 0.05) is 38.0 Å². The van der Waals surface area contributed by atoms with Gasteiger partial charge in [-0.05, 0) is 18.4 Å². The Balaban J connectivity index is 1.77. The number of aromatic nitrogens is 5. The van der Waals surface area contributed by atoms with Crippen LogP contribution in [0.15, 0.2) is 58.1 Å². The molecule has 3 heterocycles. The standard InChI is InChI=1S/C27H27N7O2/c1-4-5-15-33-23-24(30-26(33)31(2)16-14-28)32(3)27(36)34(25(23)35)17-22-20-12-7-6-10-18(20)19-11-8-9-13-21(19)29-22/h6-13H,14-17,28H2,1-3H3. The minimum absolute atomic E-state index is 0.0331. The highest BCUT2D eigenvalue weighted by molar-refractivity contribution is 6.06. The van der Waals surface area contributed by atoms with Crippen molar-refractivity contribution in [3.05, 3.63) is 75.1 Å². The maximum Gasteiger partial charge on any atom is 0.332 e. The monoisotopic (exact) mass is 481 g/mol. The van der Waals surface area contributed by atoms with Crippen LogP contribution in [0.25, 0.3) is 32.8 Å². The Morgan fingerprint density at radius 2 is 1.67 bits per heavy atom. The number of pyridine rings is 1. The van der Waals surface area contributed by atoms with Gasteiger partial charge in [-0.2, -0.15) is 4.98 Å². The van der Waals surface area contributed by atoms with Crippen LogP contribution in [-0.2, 0) is 20.1 Å². The molecule has 0 aliphatic carbocycles. The Morgan fingerprint density at radius 3 is 2.39 bits per heavy atom. The van der Waals surface area contributed by atoms with Crippen LogP contribution < -0.4 is 21.9 Å². The van der Waals surface area contributed by atoms with Gasteiger partial charge in [-0.15, -0.1) is 5.92 Å². The zero-order chi connectivity index (χ0) is 25.4. The number of rotatable bonds is 6. The van der Waals surface area contributed by atoms with Crippen molar-refractivity contribution in [2.45, 2.75) is 20.0 Å². The van der Waals surface area contributed by atoms with Gasteiger partial charge in [0.15, 0.2) is 11.2 Å². The molecule has 182 valence electrons. The number of anilines is 1. The summed E-state index contributed by atoms with van der Waals surface area (Å²) in [5.74, 6) is 6.44. The molecule has 0 saturated carbocycles. The molecule has 0 amide bonds. The van der Waals surface area contributed by atoms with Gasteiger partial charge in [0.05, 0.1) is 24.3 Å². The smallest absolute Gasteiger partial charge is 0.332 e. The second-order valence-electron chi connectivity index (χ2n) is 8.66. The summed E-state index contributed by atoms with van der Waals surface area (Å²) in [4.78, 5) is 38.6. The predicted octanol–water partition coefficient (Wildman–Crippen LogP) is 2.06. The molecule has 36 heavy (non-hydrogen) atoms. The lowest BCUT2D eigenvalue weighted by molar-refractivity contribution is 0.648. The van der Waals surface area contributed by atoms with E-state index in [1.807, 2.05) is 60.5 Å². The van der Waals surface area contributed by atoms with Crippen LogP contribution in [0.2, 0.25) is 0 Å². The molecule has 2 N–H and O–H groups in total. The summed E-state index contributed by atoms with van der Waals surface area (Å²) in [5, 5.41) is 2.95. The molecule has 9 nitrogen and oxygen atoms in total. The maximum absolute atomic E-state index is 13.9. The molecule has 9 heteroatoms. The van der Waals surface area contributed by atoms with Gasteiger partial charge in [-0.25, -0.2) is 4.79 Å². The topological polar surface area (TPSA) is 104 Å². The third-order valence-electron chi connectivity index (χ3n) is 6.43. The number of fused-ring (bicyclic) bond motifs is 4. The number of nitrogens with zero attached hydrogens (tertiary/aromatic N) is 6. The molecule has 0 atom stereocenters. The highest BCUT2D eigenvalue weighted by atomic mass is 16.2. The van der Waals surface area contributed by atoms with Crippen molar-refractivity contribution in [2.24, 2.45) is 12.8 Å². The van der Waals surface area contributed by atoms with Crippen LogP contribution in [-0.4, -0.2) is 43.8 Å². The molecule has 0 spiro atoms. The van der Waals surface area contributed by atoms with Crippen LogP contribution in [0.1, 0.15) is 12.6 Å². The molecule has 0 fully saturated rings. The van der Waals surface area contributed by atoms with E-state index in [2.05, 4.69) is 16.8 Å². The van der Waals surface area contributed by atoms with E-state index in [9.17, 15) is 9.59 Å². The first-order valence-electron chi connectivity index (χ1n) is 11.7. The minimum Gasteiger partial charge on any atom is -0.344 e. The summed E-state index contributed by atoms with van der Waals surface area (Å²) < 4.78 is 4.40. The summed E-state index contributed by atoms with van der Waals surface area (Å²) in [6.45, 7) is 3.00. The van der Waals surface area contributed by atoms with Crippen LogP contribution in [0.3, 0.4) is 0 Å². The van der Waals surface area contributed by atoms with Crippen molar-refractivity contribution >= 4 is 38.8 Å². The number of para-hydroxylation sites is 1. The van der Waals surface area contributed by atoms with Gasteiger partial charge < -0.3 is 10.6 Å². The first kappa shape index (κ1) is 23.3. The number of benzene rings is 2. The van der Waals surface area contributed by atoms with Crippen molar-refractivity contribution < 1.29 is 0 Å². The first-order chi connectivity index (χ1) is 17.5. The molecule has 3 aromatic heterocycles. The first-order valence-corrected chi connectivity index (χ1v) is 11.7. The number of hydrogen-bond donors (Lipinski definition) is 1. The van der Waals surface area contributed by atoms with E-state index < -0.39 is 11.2 Å². The maximum atomic E-state index is 13.9. The van der Waals surface area contributed by atoms with E-state index in [0.717, 1.165) is 21.7 Å². The molecule has 0 unspecified atom stereocenters. The molecule has 5 rings (SSSR count). The lowest BCUT2D eigenvalue weighted by atomic mass is 10.0. The third-order valence-corrected chi connectivity index (χ3v) is 6.43. The van der Waals surface area contributed by atoms with E-state index >= 15 is 0 Å². The average molecular weight is 482 g/mol. The van der Waals surface area contributed by atoms with E-state index in [1.54, 1.807) is 18.5 Å². The quantitative estimate of drug-likeness (QED) is 0.294. The average Bonchev–Trinajstić information content (AvgIpc) is 3.28. The summed E-state index contributed by atoms with van der Waals surface area (Å²) in [5.41, 5.74) is 6.98. The van der Waals surface area contributed by atoms with Crippen LogP contribution in [0.5, 0.6) is 0 Å². The second kappa shape index (κ2) is 9.32. The molecular weight excluding hydrogens is 454 g/mol. The van der Waals surface area contributed by atoms with Crippen molar-refractivity contribution in [2.75, 3.05) is 25.0 Å². The molecular formula is C27H27N7O2. The minimum atomic E-state index is -0.453. The van der Waals surface area contributed by atoms with Crippen molar-refractivity contribution in [3.8, 4) is 11.8 Å². The zero-order valence-corrected chi connectivity index (χ0v) is 20.5. The molecule has 2 aromatic carbocycles. The van der Waals surface area contributed by atoms with E-state index in [0.29, 0.717) is 35.9 Å². The fraction of sp³-hybridized carbons (Fsp3) is 0.259. The van der Waals surface area contributed by atoms with Gasteiger partial charge in [-0.1, -0.05) is 48.4 Å². The van der Waals surface area contributed by atoms with Crippen LogP contribution in [0.4, 0.5) is 5.95 Å². The molecule has 0 aliphatic rings. The molecule has 0 bridgehead atoms. The molecule has 0 aliphatic heterocycles. The Labute approximate surface area is 207 Å². The summed E-state index contributed by atoms with van der Waals surface area (Å²) in [6, 6.07) is 15.8. The van der Waals surface area contributed by atoms with E-state index in [-0.39, 0.29) is 13.1 Å². The number of aryl methyl sites for hydroxylation is 1. The van der Waals surface area contributed by atoms with Crippen molar-refractivity contribution in [1.82, 2.24) is 23.7 Å². The number of imidazole rings is 1. The second-order valence-corrected chi connectivity index (χ2v) is 8.66. The van der Waals surface area contributed by atoms with Crippen molar-refractivity contribution in [3.63, 3.8) is 0 Å². The fourth-order valence-electron chi connectivity index (χ4n) is 4.64. The summed E-state index contributed by atoms with van der Waals surface area (Å²) >= 11 is 0. The Hall–Kier alpha value is -4.42. The lowest BCUT2D eigenvalue weighted by Gasteiger charge is -2.17. The van der Waals surface area contributed by atoms with Gasteiger partial charge in [-0.3, -0.25) is 23.5 Å². The lowest BCUT2D eigenvalue weighted by Crippen LogP contribution is -2.40. The Kier molecular flexibility index (Phi) is 6.04.